The van der Waals surface area contributed by atoms with E-state index in [-0.39, 0.29) is 12.5 Å². The van der Waals surface area contributed by atoms with Gasteiger partial charge in [-0.05, 0) is 36.5 Å². The zero-order chi connectivity index (χ0) is 18.4. The molecular formula is C20H27N3O3. The van der Waals surface area contributed by atoms with Crippen molar-refractivity contribution in [3.8, 4) is 0 Å². The van der Waals surface area contributed by atoms with Gasteiger partial charge in [0, 0.05) is 25.6 Å². The van der Waals surface area contributed by atoms with Gasteiger partial charge in [0.15, 0.2) is 0 Å². The maximum Gasteiger partial charge on any atom is 0.222 e. The summed E-state index contributed by atoms with van der Waals surface area (Å²) in [4.78, 5) is 14.5. The van der Waals surface area contributed by atoms with Crippen LogP contribution >= 0.6 is 0 Å². The Kier molecular flexibility index (Phi) is 6.06. The summed E-state index contributed by atoms with van der Waals surface area (Å²) >= 11 is 0. The summed E-state index contributed by atoms with van der Waals surface area (Å²) in [5, 5.41) is 16.7. The summed E-state index contributed by atoms with van der Waals surface area (Å²) in [7, 11) is 0. The summed E-state index contributed by atoms with van der Waals surface area (Å²) in [6.07, 6.45) is 6.38. The summed E-state index contributed by atoms with van der Waals surface area (Å²) in [5.41, 5.74) is 2.72. The predicted molar refractivity (Wildman–Crippen MR) is 98.8 cm³/mol. The summed E-state index contributed by atoms with van der Waals surface area (Å²) < 4.78 is 5.96. The maximum absolute atomic E-state index is 12.6. The number of amides is 1. The van der Waals surface area contributed by atoms with Crippen LogP contribution < -0.4 is 0 Å². The number of aryl methyl sites for hydroxylation is 2. The van der Waals surface area contributed by atoms with Crippen molar-refractivity contribution in [1.29, 1.82) is 0 Å². The molecule has 0 saturated carbocycles. The molecule has 0 aliphatic carbocycles. The van der Waals surface area contributed by atoms with Crippen LogP contribution in [-0.4, -0.2) is 58.0 Å². The number of rotatable bonds is 7. The van der Waals surface area contributed by atoms with Crippen LogP contribution in [0.2, 0.25) is 0 Å². The van der Waals surface area contributed by atoms with Gasteiger partial charge in [0.2, 0.25) is 5.91 Å². The molecule has 2 heterocycles. The molecule has 1 aliphatic rings. The fraction of sp³-hybridized carbons (Fsp3) is 0.500. The average Bonchev–Trinajstić information content (AvgIpc) is 3.17. The molecule has 1 fully saturated rings. The van der Waals surface area contributed by atoms with Crippen LogP contribution in [0.4, 0.5) is 0 Å². The van der Waals surface area contributed by atoms with Crippen molar-refractivity contribution < 1.29 is 14.6 Å². The van der Waals surface area contributed by atoms with Gasteiger partial charge in [-0.1, -0.05) is 24.3 Å². The van der Waals surface area contributed by atoms with Crippen LogP contribution in [0, 0.1) is 6.92 Å². The monoisotopic (exact) mass is 357 g/mol. The van der Waals surface area contributed by atoms with E-state index >= 15 is 0 Å². The van der Waals surface area contributed by atoms with Crippen molar-refractivity contribution in [1.82, 2.24) is 15.1 Å². The lowest BCUT2D eigenvalue weighted by Gasteiger charge is -2.42. The number of carbonyl (C=O) groups is 1. The lowest BCUT2D eigenvalue weighted by Crippen LogP contribution is -2.56. The molecule has 6 nitrogen and oxygen atoms in total. The van der Waals surface area contributed by atoms with Gasteiger partial charge < -0.3 is 14.7 Å². The number of aliphatic hydroxyl groups is 1. The normalized spacial score (nSPS) is 20.3. The molecule has 6 heteroatoms. The number of aromatic nitrogens is 2. The third-order valence-corrected chi connectivity index (χ3v) is 5.07. The number of morpholine rings is 1. The maximum atomic E-state index is 12.6. The molecule has 3 rings (SSSR count). The second-order valence-corrected chi connectivity index (χ2v) is 7.07. The second-order valence-electron chi connectivity index (χ2n) is 7.07. The van der Waals surface area contributed by atoms with Gasteiger partial charge in [0.05, 0.1) is 26.0 Å². The number of aromatic amines is 1. The number of H-pyrrole nitrogens is 1. The minimum atomic E-state index is -0.718. The quantitative estimate of drug-likeness (QED) is 0.793. The highest BCUT2D eigenvalue weighted by atomic mass is 16.5. The number of benzene rings is 1. The summed E-state index contributed by atoms with van der Waals surface area (Å²) in [6.45, 7) is 3.44. The van der Waals surface area contributed by atoms with E-state index in [9.17, 15) is 9.90 Å². The molecule has 0 unspecified atom stereocenters. The highest BCUT2D eigenvalue weighted by Gasteiger charge is 2.38. The zero-order valence-electron chi connectivity index (χ0n) is 15.3. The first-order chi connectivity index (χ1) is 12.6. The summed E-state index contributed by atoms with van der Waals surface area (Å²) in [5.74, 6) is 0.124. The molecule has 0 radical (unpaired) electrons. The van der Waals surface area contributed by atoms with Crippen LogP contribution in [0.5, 0.6) is 0 Å². The third kappa shape index (κ3) is 4.51. The Hall–Kier alpha value is -2.18. The lowest BCUT2D eigenvalue weighted by molar-refractivity contribution is -0.158. The molecule has 2 aromatic rings. The smallest absolute Gasteiger partial charge is 0.222 e. The number of hydrogen-bond donors (Lipinski definition) is 2. The van der Waals surface area contributed by atoms with E-state index in [1.165, 1.54) is 5.56 Å². The number of nitrogens with zero attached hydrogens (tertiary/aromatic N) is 2. The van der Waals surface area contributed by atoms with Crippen molar-refractivity contribution in [3.05, 3.63) is 53.3 Å². The molecule has 1 atom stereocenters. The Morgan fingerprint density at radius 1 is 1.42 bits per heavy atom. The molecule has 0 bridgehead atoms. The highest BCUT2D eigenvalue weighted by Crippen LogP contribution is 2.25. The third-order valence-electron chi connectivity index (χ3n) is 5.07. The summed E-state index contributed by atoms with van der Waals surface area (Å²) in [6, 6.07) is 8.11. The Morgan fingerprint density at radius 3 is 3.00 bits per heavy atom. The van der Waals surface area contributed by atoms with Crippen molar-refractivity contribution in [3.63, 3.8) is 0 Å². The Morgan fingerprint density at radius 2 is 2.27 bits per heavy atom. The van der Waals surface area contributed by atoms with Crippen LogP contribution in [0.25, 0.3) is 0 Å². The van der Waals surface area contributed by atoms with Gasteiger partial charge in [-0.2, -0.15) is 5.10 Å². The largest absolute Gasteiger partial charge is 0.393 e. The van der Waals surface area contributed by atoms with Gasteiger partial charge >= 0.3 is 0 Å². The first-order valence-corrected chi connectivity index (χ1v) is 9.17. The fourth-order valence-corrected chi connectivity index (χ4v) is 3.49. The van der Waals surface area contributed by atoms with Crippen molar-refractivity contribution in [2.45, 2.75) is 38.2 Å². The minimum Gasteiger partial charge on any atom is -0.393 e. The minimum absolute atomic E-state index is 0.0971. The van der Waals surface area contributed by atoms with Gasteiger partial charge in [-0.25, -0.2) is 0 Å². The SMILES string of the molecule is Cc1ccccc1C[C@@]1(CO)CN(C(=O)CCCc2cn[nH]c2)CCO1. The van der Waals surface area contributed by atoms with Crippen LogP contribution in [-0.2, 0) is 22.4 Å². The van der Waals surface area contributed by atoms with Crippen molar-refractivity contribution in [2.24, 2.45) is 0 Å². The first-order valence-electron chi connectivity index (χ1n) is 9.17. The van der Waals surface area contributed by atoms with Gasteiger partial charge in [0.25, 0.3) is 0 Å². The molecule has 26 heavy (non-hydrogen) atoms. The Balaban J connectivity index is 1.59. The fourth-order valence-electron chi connectivity index (χ4n) is 3.49. The topological polar surface area (TPSA) is 78.5 Å². The number of hydrogen-bond acceptors (Lipinski definition) is 4. The van der Waals surface area contributed by atoms with Crippen molar-refractivity contribution in [2.75, 3.05) is 26.3 Å². The van der Waals surface area contributed by atoms with E-state index in [1.807, 2.05) is 23.2 Å². The molecule has 1 aromatic carbocycles. The second kappa shape index (κ2) is 8.47. The van der Waals surface area contributed by atoms with E-state index in [1.54, 1.807) is 6.20 Å². The van der Waals surface area contributed by atoms with E-state index in [2.05, 4.69) is 29.3 Å². The molecule has 1 amide bonds. The van der Waals surface area contributed by atoms with E-state index in [4.69, 9.17) is 4.74 Å². The molecule has 1 saturated heterocycles. The van der Waals surface area contributed by atoms with Crippen LogP contribution in [0.1, 0.15) is 29.5 Å². The molecule has 2 N–H and O–H groups in total. The number of aliphatic hydroxyl groups excluding tert-OH is 1. The van der Waals surface area contributed by atoms with Gasteiger partial charge in [-0.15, -0.1) is 0 Å². The lowest BCUT2D eigenvalue weighted by atomic mass is 9.90. The van der Waals surface area contributed by atoms with Gasteiger partial charge in [0.1, 0.15) is 5.60 Å². The average molecular weight is 357 g/mol. The number of nitrogens with one attached hydrogen (secondary N) is 1. The van der Waals surface area contributed by atoms with Crippen LogP contribution in [0.15, 0.2) is 36.7 Å². The predicted octanol–water partition coefficient (Wildman–Crippen LogP) is 1.87. The molecule has 0 spiro atoms. The number of ether oxygens (including phenoxy) is 1. The first kappa shape index (κ1) is 18.6. The van der Waals surface area contributed by atoms with E-state index in [0.29, 0.717) is 32.5 Å². The number of carbonyl (C=O) groups excluding carboxylic acids is 1. The Bertz CT molecular complexity index is 717. The van der Waals surface area contributed by atoms with E-state index < -0.39 is 5.60 Å². The molecule has 140 valence electrons. The zero-order valence-corrected chi connectivity index (χ0v) is 15.3. The standard InChI is InChI=1S/C20H27N3O3/c1-16-5-2-3-7-18(16)11-20(15-24)14-23(9-10-26-20)19(25)8-4-6-17-12-21-22-13-17/h2-3,5,7,12-13,24H,4,6,8-11,14-15H2,1H3,(H,21,22)/t20-/m0/s1. The van der Waals surface area contributed by atoms with Crippen LogP contribution in [0.3, 0.4) is 0 Å². The molecule has 1 aliphatic heterocycles. The molecular weight excluding hydrogens is 330 g/mol. The van der Waals surface area contributed by atoms with E-state index in [0.717, 1.165) is 24.0 Å². The Labute approximate surface area is 154 Å². The van der Waals surface area contributed by atoms with Gasteiger partial charge in [-0.3, -0.25) is 9.89 Å². The molecule has 1 aromatic heterocycles. The highest BCUT2D eigenvalue weighted by molar-refractivity contribution is 5.76. The van der Waals surface area contributed by atoms with Crippen molar-refractivity contribution >= 4 is 5.91 Å².